The second-order valence-corrected chi connectivity index (χ2v) is 6.23. The highest BCUT2D eigenvalue weighted by molar-refractivity contribution is 5.16. The molecule has 1 fully saturated rings. The Morgan fingerprint density at radius 3 is 2.57 bits per heavy atom. The number of rotatable bonds is 8. The molecule has 1 aliphatic rings. The normalized spacial score (nSPS) is 19.0. The molecule has 1 heterocycles. The third kappa shape index (κ3) is 5.75. The zero-order chi connectivity index (χ0) is 15.1. The lowest BCUT2D eigenvalue weighted by Crippen LogP contribution is -2.45. The minimum absolute atomic E-state index is 0.207. The third-order valence-electron chi connectivity index (χ3n) is 4.30. The van der Waals surface area contributed by atoms with Gasteiger partial charge in [-0.25, -0.2) is 0 Å². The molecular weight excluding hydrogens is 262 g/mol. The maximum atomic E-state index is 10.3. The van der Waals surface area contributed by atoms with Crippen molar-refractivity contribution in [2.75, 3.05) is 39.8 Å². The van der Waals surface area contributed by atoms with E-state index in [9.17, 15) is 5.11 Å². The van der Waals surface area contributed by atoms with Crippen molar-refractivity contribution < 1.29 is 5.11 Å². The summed E-state index contributed by atoms with van der Waals surface area (Å²) in [6.45, 7) is 5.18. The summed E-state index contributed by atoms with van der Waals surface area (Å²) in [5, 5.41) is 10.3. The van der Waals surface area contributed by atoms with Crippen LogP contribution in [0.25, 0.3) is 0 Å². The van der Waals surface area contributed by atoms with Crippen LogP contribution in [-0.4, -0.2) is 66.8 Å². The van der Waals surface area contributed by atoms with Crippen molar-refractivity contribution in [3.8, 4) is 0 Å². The van der Waals surface area contributed by atoms with Gasteiger partial charge in [0.25, 0.3) is 0 Å². The monoisotopic (exact) mass is 291 g/mol. The number of likely N-dealkylation sites (tertiary alicyclic amines) is 1. The van der Waals surface area contributed by atoms with Crippen molar-refractivity contribution in [1.29, 1.82) is 0 Å². The quantitative estimate of drug-likeness (QED) is 0.749. The molecule has 0 saturated carbocycles. The molecule has 1 aliphatic heterocycles. The minimum Gasteiger partial charge on any atom is -0.390 e. The fourth-order valence-electron chi connectivity index (χ4n) is 2.89. The second kappa shape index (κ2) is 8.49. The van der Waals surface area contributed by atoms with Gasteiger partial charge in [-0.15, -0.1) is 0 Å². The van der Waals surface area contributed by atoms with Crippen LogP contribution in [0, 0.1) is 0 Å². The van der Waals surface area contributed by atoms with Gasteiger partial charge in [0.15, 0.2) is 0 Å². The standard InChI is InChI=1S/C17H29N3O/c1-19(11-12-20-9-5-6-10-20)14-17(21)16(18)13-15-7-3-2-4-8-15/h2-4,7-8,16-17,21H,5-6,9-14,18H2,1H3. The molecule has 1 saturated heterocycles. The zero-order valence-electron chi connectivity index (χ0n) is 13.1. The van der Waals surface area contributed by atoms with Crippen LogP contribution in [0.2, 0.25) is 0 Å². The molecule has 0 amide bonds. The van der Waals surface area contributed by atoms with Crippen LogP contribution in [-0.2, 0) is 6.42 Å². The Morgan fingerprint density at radius 1 is 1.24 bits per heavy atom. The fraction of sp³-hybridized carbons (Fsp3) is 0.647. The average Bonchev–Trinajstić information content (AvgIpc) is 2.99. The topological polar surface area (TPSA) is 52.7 Å². The van der Waals surface area contributed by atoms with Gasteiger partial charge >= 0.3 is 0 Å². The summed E-state index contributed by atoms with van der Waals surface area (Å²) < 4.78 is 0. The highest BCUT2D eigenvalue weighted by Gasteiger charge is 2.18. The van der Waals surface area contributed by atoms with Crippen LogP contribution in [0.5, 0.6) is 0 Å². The molecule has 21 heavy (non-hydrogen) atoms. The highest BCUT2D eigenvalue weighted by Crippen LogP contribution is 2.08. The molecule has 0 aromatic heterocycles. The Kier molecular flexibility index (Phi) is 6.64. The molecule has 2 rings (SSSR count). The number of nitrogens with two attached hydrogens (primary N) is 1. The number of hydrogen-bond acceptors (Lipinski definition) is 4. The number of likely N-dealkylation sites (N-methyl/N-ethyl adjacent to an activating group) is 1. The molecule has 0 radical (unpaired) electrons. The van der Waals surface area contributed by atoms with E-state index in [2.05, 4.69) is 29.0 Å². The molecule has 2 atom stereocenters. The Bertz CT molecular complexity index is 392. The number of hydrogen-bond donors (Lipinski definition) is 2. The molecule has 0 aliphatic carbocycles. The summed E-state index contributed by atoms with van der Waals surface area (Å²) in [5.41, 5.74) is 7.31. The van der Waals surface area contributed by atoms with Crippen molar-refractivity contribution in [3.63, 3.8) is 0 Å². The third-order valence-corrected chi connectivity index (χ3v) is 4.30. The van der Waals surface area contributed by atoms with E-state index in [0.29, 0.717) is 6.54 Å². The highest BCUT2D eigenvalue weighted by atomic mass is 16.3. The lowest BCUT2D eigenvalue weighted by Gasteiger charge is -2.26. The average molecular weight is 291 g/mol. The predicted octanol–water partition coefficient (Wildman–Crippen LogP) is 0.945. The Labute approximate surface area is 128 Å². The fourth-order valence-corrected chi connectivity index (χ4v) is 2.89. The van der Waals surface area contributed by atoms with Crippen LogP contribution in [0.1, 0.15) is 18.4 Å². The SMILES string of the molecule is CN(CCN1CCCC1)CC(O)C(N)Cc1ccccc1. The number of benzene rings is 1. The summed E-state index contributed by atoms with van der Waals surface area (Å²) in [7, 11) is 2.06. The zero-order valence-corrected chi connectivity index (χ0v) is 13.1. The minimum atomic E-state index is -0.478. The summed E-state index contributed by atoms with van der Waals surface area (Å²) >= 11 is 0. The van der Waals surface area contributed by atoms with Crippen molar-refractivity contribution in [2.45, 2.75) is 31.4 Å². The van der Waals surface area contributed by atoms with Crippen molar-refractivity contribution in [3.05, 3.63) is 35.9 Å². The lowest BCUT2D eigenvalue weighted by atomic mass is 10.0. The van der Waals surface area contributed by atoms with Gasteiger partial charge in [0.2, 0.25) is 0 Å². The van der Waals surface area contributed by atoms with Crippen LogP contribution in [0.3, 0.4) is 0 Å². The van der Waals surface area contributed by atoms with E-state index >= 15 is 0 Å². The summed E-state index contributed by atoms with van der Waals surface area (Å²) in [4.78, 5) is 4.68. The molecule has 3 N–H and O–H groups in total. The molecule has 4 nitrogen and oxygen atoms in total. The van der Waals surface area contributed by atoms with Crippen LogP contribution >= 0.6 is 0 Å². The number of nitrogens with zero attached hydrogens (tertiary/aromatic N) is 2. The maximum Gasteiger partial charge on any atom is 0.0820 e. The predicted molar refractivity (Wildman–Crippen MR) is 87.3 cm³/mol. The Morgan fingerprint density at radius 2 is 1.90 bits per heavy atom. The van der Waals surface area contributed by atoms with E-state index < -0.39 is 6.10 Å². The summed E-state index contributed by atoms with van der Waals surface area (Å²) in [5.74, 6) is 0. The van der Waals surface area contributed by atoms with Gasteiger partial charge in [-0.05, 0) is 45.0 Å². The molecule has 4 heteroatoms. The largest absolute Gasteiger partial charge is 0.390 e. The van der Waals surface area contributed by atoms with Gasteiger partial charge in [-0.2, -0.15) is 0 Å². The van der Waals surface area contributed by atoms with Crippen molar-refractivity contribution in [2.24, 2.45) is 5.73 Å². The molecular formula is C17H29N3O. The molecule has 2 unspecified atom stereocenters. The number of aliphatic hydroxyl groups is 1. The van der Waals surface area contributed by atoms with E-state index in [4.69, 9.17) is 5.73 Å². The Balaban J connectivity index is 1.68. The molecule has 1 aromatic carbocycles. The smallest absolute Gasteiger partial charge is 0.0820 e. The number of aliphatic hydroxyl groups excluding tert-OH is 1. The van der Waals surface area contributed by atoms with E-state index in [1.165, 1.54) is 31.5 Å². The summed E-state index contributed by atoms with van der Waals surface area (Å²) in [6.07, 6.45) is 2.90. The lowest BCUT2D eigenvalue weighted by molar-refractivity contribution is 0.0978. The molecule has 0 bridgehead atoms. The first-order valence-corrected chi connectivity index (χ1v) is 8.03. The van der Waals surface area contributed by atoms with Crippen LogP contribution in [0.4, 0.5) is 0 Å². The molecule has 118 valence electrons. The molecule has 1 aromatic rings. The van der Waals surface area contributed by atoms with Gasteiger partial charge in [0, 0.05) is 25.7 Å². The second-order valence-electron chi connectivity index (χ2n) is 6.23. The van der Waals surface area contributed by atoms with Gasteiger partial charge in [-0.1, -0.05) is 30.3 Å². The summed E-state index contributed by atoms with van der Waals surface area (Å²) in [6, 6.07) is 9.93. The van der Waals surface area contributed by atoms with E-state index in [-0.39, 0.29) is 6.04 Å². The van der Waals surface area contributed by atoms with Gasteiger partial charge in [-0.3, -0.25) is 0 Å². The van der Waals surface area contributed by atoms with Crippen molar-refractivity contribution in [1.82, 2.24) is 9.80 Å². The van der Waals surface area contributed by atoms with Gasteiger partial charge in [0.05, 0.1) is 6.10 Å². The maximum absolute atomic E-state index is 10.3. The first kappa shape index (κ1) is 16.4. The van der Waals surface area contributed by atoms with Gasteiger partial charge in [0.1, 0.15) is 0 Å². The van der Waals surface area contributed by atoms with Crippen LogP contribution in [0.15, 0.2) is 30.3 Å². The van der Waals surface area contributed by atoms with Crippen molar-refractivity contribution >= 4 is 0 Å². The Hall–Kier alpha value is -0.940. The first-order chi connectivity index (χ1) is 10.1. The van der Waals surface area contributed by atoms with E-state index in [1.54, 1.807) is 0 Å². The van der Waals surface area contributed by atoms with E-state index in [1.807, 2.05) is 18.2 Å². The van der Waals surface area contributed by atoms with Crippen LogP contribution < -0.4 is 5.73 Å². The molecule has 0 spiro atoms. The van der Waals surface area contributed by atoms with Gasteiger partial charge < -0.3 is 20.6 Å². The first-order valence-electron chi connectivity index (χ1n) is 8.03. The van der Waals surface area contributed by atoms with E-state index in [0.717, 1.165) is 19.5 Å².